The third-order valence-corrected chi connectivity index (χ3v) is 11.7. The Morgan fingerprint density at radius 1 is 0.583 bits per heavy atom. The maximum Gasteiger partial charge on any atom is 0.472 e. The lowest BCUT2D eigenvalue weighted by Crippen LogP contribution is -2.65. The minimum Gasteiger partial charge on any atom is -0.462 e. The van der Waals surface area contributed by atoms with Crippen LogP contribution in [-0.4, -0.2) is 114 Å². The largest absolute Gasteiger partial charge is 0.472 e. The van der Waals surface area contributed by atoms with Crippen LogP contribution in [0.4, 0.5) is 0 Å². The number of azide groups is 1. The van der Waals surface area contributed by atoms with Crippen LogP contribution in [0.3, 0.4) is 0 Å². The van der Waals surface area contributed by atoms with Gasteiger partial charge < -0.3 is 49.3 Å². The maximum atomic E-state index is 13.1. The van der Waals surface area contributed by atoms with E-state index in [9.17, 15) is 63.1 Å². The van der Waals surface area contributed by atoms with Gasteiger partial charge in [0.1, 0.15) is 43.2 Å². The Kier molecular flexibility index (Phi) is 29.5. The smallest absolute Gasteiger partial charge is 0.462 e. The predicted molar refractivity (Wildman–Crippen MR) is 215 cm³/mol. The standard InChI is InChI=1S/C35H68N3O19P3/c1-2-3-4-5-6-7-8-9-10-11-13-17-20-23-29(40)54-27(25-52-28(39)22-19-16-14-12-15-18-21-24-37-38-36)26-53-60(50,51)57-35-31(42)33(55-58(44,45)46)30(41)34(32(35)43)56-59(47,48)49/h27,30-35,41-43H,2-26H2,1H3,(H,50,51)(H2,44,45,46)(H2,47,48,49)/t27-,30?,31+,32?,33+,34-,35?/m1/s1. The average molecular weight is 928 g/mol. The summed E-state index contributed by atoms with van der Waals surface area (Å²) in [4.78, 5) is 75.5. The molecule has 0 bridgehead atoms. The van der Waals surface area contributed by atoms with Gasteiger partial charge in [-0.15, -0.1) is 0 Å². The highest BCUT2D eigenvalue weighted by Gasteiger charge is 2.56. The fraction of sp³-hybridized carbons (Fsp3) is 0.943. The van der Waals surface area contributed by atoms with Gasteiger partial charge in [-0.3, -0.25) is 27.7 Å². The van der Waals surface area contributed by atoms with E-state index >= 15 is 0 Å². The van der Waals surface area contributed by atoms with E-state index in [4.69, 9.17) is 24.1 Å². The fourth-order valence-electron chi connectivity index (χ4n) is 6.51. The van der Waals surface area contributed by atoms with Gasteiger partial charge in [-0.2, -0.15) is 0 Å². The number of carbonyl (C=O) groups excluding carboxylic acids is 2. The van der Waals surface area contributed by atoms with Gasteiger partial charge in [0.2, 0.25) is 0 Å². The van der Waals surface area contributed by atoms with Crippen molar-refractivity contribution in [3.05, 3.63) is 10.4 Å². The second-order valence-electron chi connectivity index (χ2n) is 14.9. The SMILES string of the molecule is CCCCCCCCCCCCCCCC(=O)O[C@H](COC(=O)CCCCCCCCCN=[N+]=[N-])COP(=O)(O)OC1C(O)[C@H](OP(=O)(O)O)C(O)[C@H](OP(=O)(O)O)[C@@H]1O. The Hall–Kier alpha value is -1.54. The van der Waals surface area contributed by atoms with Crippen molar-refractivity contribution in [1.29, 1.82) is 0 Å². The first-order chi connectivity index (χ1) is 28.3. The quantitative estimate of drug-likeness (QED) is 0.00904. The van der Waals surface area contributed by atoms with E-state index in [1.165, 1.54) is 44.9 Å². The zero-order chi connectivity index (χ0) is 45.0. The molecule has 0 aromatic rings. The Balaban J connectivity index is 2.81. The van der Waals surface area contributed by atoms with Crippen molar-refractivity contribution in [3.63, 3.8) is 0 Å². The number of esters is 2. The first kappa shape index (κ1) is 56.5. The van der Waals surface area contributed by atoms with Crippen molar-refractivity contribution >= 4 is 35.4 Å². The molecule has 1 saturated carbocycles. The zero-order valence-electron chi connectivity index (χ0n) is 34.5. The third-order valence-electron chi connectivity index (χ3n) is 9.63. The molecule has 1 aliphatic carbocycles. The van der Waals surface area contributed by atoms with Crippen LogP contribution >= 0.6 is 23.5 Å². The summed E-state index contributed by atoms with van der Waals surface area (Å²) < 4.78 is 65.1. The Labute approximate surface area is 351 Å². The van der Waals surface area contributed by atoms with Crippen molar-refractivity contribution in [2.24, 2.45) is 5.11 Å². The summed E-state index contributed by atoms with van der Waals surface area (Å²) in [5.74, 6) is -1.37. The number of carbonyl (C=O) groups is 2. The third kappa shape index (κ3) is 27.5. The van der Waals surface area contributed by atoms with Crippen molar-refractivity contribution in [2.75, 3.05) is 19.8 Å². The second kappa shape index (κ2) is 31.3. The van der Waals surface area contributed by atoms with Crippen LogP contribution < -0.4 is 0 Å². The fourth-order valence-corrected chi connectivity index (χ4v) is 8.61. The number of phosphoric acid groups is 3. The van der Waals surface area contributed by atoms with Crippen LogP contribution in [0.15, 0.2) is 5.11 Å². The first-order valence-corrected chi connectivity index (χ1v) is 25.4. The number of nitrogens with zero attached hydrogens (tertiary/aromatic N) is 3. The maximum absolute atomic E-state index is 13.1. The van der Waals surface area contributed by atoms with Gasteiger partial charge in [-0.05, 0) is 24.8 Å². The van der Waals surface area contributed by atoms with E-state index in [-0.39, 0.29) is 12.8 Å². The van der Waals surface area contributed by atoms with E-state index in [0.29, 0.717) is 19.4 Å². The molecule has 0 aromatic carbocycles. The van der Waals surface area contributed by atoms with Crippen LogP contribution in [-0.2, 0) is 50.9 Å². The molecule has 1 aliphatic rings. The monoisotopic (exact) mass is 927 g/mol. The molecule has 0 radical (unpaired) electrons. The molecule has 352 valence electrons. The van der Waals surface area contributed by atoms with Crippen molar-refractivity contribution in [3.8, 4) is 0 Å². The molecule has 60 heavy (non-hydrogen) atoms. The number of aliphatic hydroxyl groups excluding tert-OH is 3. The van der Waals surface area contributed by atoms with Crippen LogP contribution in [0.1, 0.15) is 148 Å². The van der Waals surface area contributed by atoms with Crippen LogP contribution in [0.25, 0.3) is 10.4 Å². The summed E-state index contributed by atoms with van der Waals surface area (Å²) >= 11 is 0. The van der Waals surface area contributed by atoms with E-state index in [1.807, 2.05) is 0 Å². The molecule has 22 nitrogen and oxygen atoms in total. The van der Waals surface area contributed by atoms with Crippen LogP contribution in [0.5, 0.6) is 0 Å². The number of hydrogen-bond acceptors (Lipinski definition) is 15. The summed E-state index contributed by atoms with van der Waals surface area (Å²) in [6, 6.07) is 0. The van der Waals surface area contributed by atoms with E-state index in [1.54, 1.807) is 0 Å². The zero-order valence-corrected chi connectivity index (χ0v) is 37.2. The molecule has 8 atom stereocenters. The Bertz CT molecular complexity index is 1360. The number of hydrogen-bond donors (Lipinski definition) is 8. The first-order valence-electron chi connectivity index (χ1n) is 20.8. The summed E-state index contributed by atoms with van der Waals surface area (Å²) in [5, 5.41) is 35.2. The van der Waals surface area contributed by atoms with E-state index in [2.05, 4.69) is 26.0 Å². The molecule has 0 heterocycles. The molecule has 1 fully saturated rings. The molecule has 8 N–H and O–H groups in total. The second-order valence-corrected chi connectivity index (χ2v) is 18.7. The lowest BCUT2D eigenvalue weighted by Gasteiger charge is -2.44. The highest BCUT2D eigenvalue weighted by atomic mass is 31.2. The number of phosphoric ester groups is 3. The summed E-state index contributed by atoms with van der Waals surface area (Å²) in [5.41, 5.74) is 8.32. The lowest BCUT2D eigenvalue weighted by atomic mass is 9.85. The van der Waals surface area contributed by atoms with Gasteiger partial charge >= 0.3 is 35.4 Å². The number of aliphatic hydroxyl groups is 3. The van der Waals surface area contributed by atoms with Crippen molar-refractivity contribution in [2.45, 2.75) is 191 Å². The Morgan fingerprint density at radius 3 is 1.38 bits per heavy atom. The molecule has 0 aromatic heterocycles. The molecule has 0 saturated heterocycles. The molecule has 1 rings (SSSR count). The molecular formula is C35H68N3O19P3. The number of unbranched alkanes of at least 4 members (excludes halogenated alkanes) is 18. The molecule has 25 heteroatoms. The summed E-state index contributed by atoms with van der Waals surface area (Å²) in [7, 11) is -16.6. The average Bonchev–Trinajstić information content (AvgIpc) is 3.16. The van der Waals surface area contributed by atoms with Gasteiger partial charge in [-0.25, -0.2) is 13.7 Å². The van der Waals surface area contributed by atoms with Gasteiger partial charge in [-0.1, -0.05) is 121 Å². The predicted octanol–water partition coefficient (Wildman–Crippen LogP) is 5.91. The highest BCUT2D eigenvalue weighted by molar-refractivity contribution is 7.47. The summed E-state index contributed by atoms with van der Waals surface area (Å²) in [6.07, 6.45) is 3.35. The van der Waals surface area contributed by atoms with Crippen molar-refractivity contribution < 1.29 is 90.6 Å². The molecule has 0 spiro atoms. The Morgan fingerprint density at radius 2 is 0.967 bits per heavy atom. The topological polar surface area (TPSA) is 351 Å². The van der Waals surface area contributed by atoms with Gasteiger partial charge in [0.05, 0.1) is 6.61 Å². The molecule has 0 aliphatic heterocycles. The van der Waals surface area contributed by atoms with Gasteiger partial charge in [0.15, 0.2) is 6.10 Å². The normalized spacial score (nSPS) is 22.4. The number of ether oxygens (including phenoxy) is 2. The highest BCUT2D eigenvalue weighted by Crippen LogP contribution is 2.51. The lowest BCUT2D eigenvalue weighted by molar-refractivity contribution is -0.213. The van der Waals surface area contributed by atoms with Crippen molar-refractivity contribution in [1.82, 2.24) is 0 Å². The molecule has 4 unspecified atom stereocenters. The summed E-state index contributed by atoms with van der Waals surface area (Å²) in [6.45, 7) is 1.08. The molecular weight excluding hydrogens is 859 g/mol. The van der Waals surface area contributed by atoms with Gasteiger partial charge in [0.25, 0.3) is 0 Å². The van der Waals surface area contributed by atoms with Gasteiger partial charge in [0, 0.05) is 24.3 Å². The minimum absolute atomic E-state index is 0.0221. The van der Waals surface area contributed by atoms with E-state index in [0.717, 1.165) is 70.6 Å². The molecule has 0 amide bonds. The minimum atomic E-state index is -5.55. The van der Waals surface area contributed by atoms with Crippen LogP contribution in [0, 0.1) is 0 Å². The number of rotatable bonds is 36. The van der Waals surface area contributed by atoms with E-state index < -0.39 is 91.3 Å². The van der Waals surface area contributed by atoms with Crippen LogP contribution in [0.2, 0.25) is 0 Å².